The zero-order chi connectivity index (χ0) is 15.4. The lowest BCUT2D eigenvalue weighted by Crippen LogP contribution is -2.38. The van der Waals surface area contributed by atoms with Crippen LogP contribution in [-0.2, 0) is 4.79 Å². The smallest absolute Gasteiger partial charge is 0.159 e. The number of allylic oxidation sites excluding steroid dienone is 4. The first-order valence-electron chi connectivity index (χ1n) is 8.70. The largest absolute Gasteiger partial charge is 0.295 e. The quantitative estimate of drug-likeness (QED) is 0.642. The summed E-state index contributed by atoms with van der Waals surface area (Å²) < 4.78 is 0. The molecule has 0 aliphatic heterocycles. The molecule has 0 spiro atoms. The van der Waals surface area contributed by atoms with Crippen LogP contribution in [0.1, 0.15) is 66.7 Å². The molecule has 21 heavy (non-hydrogen) atoms. The van der Waals surface area contributed by atoms with Crippen molar-refractivity contribution in [2.75, 3.05) is 0 Å². The lowest BCUT2D eigenvalue weighted by molar-refractivity contribution is -0.117. The van der Waals surface area contributed by atoms with Gasteiger partial charge in [0.05, 0.1) is 0 Å². The summed E-state index contributed by atoms with van der Waals surface area (Å²) in [7, 11) is 0. The predicted molar refractivity (Wildman–Crippen MR) is 88.0 cm³/mol. The van der Waals surface area contributed by atoms with Crippen LogP contribution in [0.15, 0.2) is 23.3 Å². The van der Waals surface area contributed by atoms with Crippen LogP contribution < -0.4 is 0 Å². The molecule has 3 rings (SSSR count). The van der Waals surface area contributed by atoms with Crippen LogP contribution in [-0.4, -0.2) is 5.78 Å². The van der Waals surface area contributed by atoms with E-state index in [1.807, 2.05) is 6.08 Å². The van der Waals surface area contributed by atoms with E-state index in [0.29, 0.717) is 17.6 Å². The van der Waals surface area contributed by atoms with Crippen LogP contribution in [0, 0.1) is 28.6 Å². The normalized spacial score (nSPS) is 44.5. The van der Waals surface area contributed by atoms with Crippen LogP contribution >= 0.6 is 0 Å². The Hall–Kier alpha value is -0.850. The summed E-state index contributed by atoms with van der Waals surface area (Å²) in [5, 5.41) is 0. The Morgan fingerprint density at radius 1 is 1.38 bits per heavy atom. The molecule has 3 aliphatic rings. The molecule has 0 aromatic rings. The van der Waals surface area contributed by atoms with Crippen molar-refractivity contribution >= 4 is 5.78 Å². The Morgan fingerprint density at radius 2 is 2.10 bits per heavy atom. The summed E-state index contributed by atoms with van der Waals surface area (Å²) in [6.07, 6.45) is 10.4. The highest BCUT2D eigenvalue weighted by Crippen LogP contribution is 2.75. The molecule has 0 amide bonds. The van der Waals surface area contributed by atoms with Gasteiger partial charge in [-0.05, 0) is 74.7 Å². The van der Waals surface area contributed by atoms with Crippen LogP contribution in [0.4, 0.5) is 0 Å². The minimum atomic E-state index is 0.238. The minimum Gasteiger partial charge on any atom is -0.295 e. The Labute approximate surface area is 129 Å². The summed E-state index contributed by atoms with van der Waals surface area (Å²) in [5.74, 6) is 2.06. The molecule has 0 aromatic heterocycles. The van der Waals surface area contributed by atoms with Crippen LogP contribution in [0.25, 0.3) is 0 Å². The molecule has 2 fully saturated rings. The van der Waals surface area contributed by atoms with E-state index >= 15 is 0 Å². The van der Waals surface area contributed by atoms with E-state index in [0.717, 1.165) is 18.8 Å². The van der Waals surface area contributed by atoms with Gasteiger partial charge in [0.25, 0.3) is 0 Å². The van der Waals surface area contributed by atoms with Crippen molar-refractivity contribution in [3.8, 4) is 0 Å². The van der Waals surface area contributed by atoms with E-state index in [-0.39, 0.29) is 10.8 Å². The summed E-state index contributed by atoms with van der Waals surface area (Å²) in [6, 6.07) is 0. The number of rotatable bonds is 3. The van der Waals surface area contributed by atoms with Gasteiger partial charge in [-0.25, -0.2) is 0 Å². The Morgan fingerprint density at radius 3 is 2.76 bits per heavy atom. The second-order valence-corrected chi connectivity index (χ2v) is 8.43. The van der Waals surface area contributed by atoms with E-state index in [4.69, 9.17) is 0 Å². The van der Waals surface area contributed by atoms with Gasteiger partial charge < -0.3 is 0 Å². The van der Waals surface area contributed by atoms with E-state index in [1.165, 1.54) is 30.4 Å². The van der Waals surface area contributed by atoms with Crippen LogP contribution in [0.2, 0.25) is 0 Å². The Kier molecular flexibility index (Phi) is 3.46. The molecule has 2 saturated carbocycles. The summed E-state index contributed by atoms with van der Waals surface area (Å²) >= 11 is 0. The van der Waals surface area contributed by atoms with Crippen molar-refractivity contribution in [1.82, 2.24) is 0 Å². The van der Waals surface area contributed by atoms with Gasteiger partial charge in [-0.2, -0.15) is 0 Å². The predicted octanol–water partition coefficient (Wildman–Crippen LogP) is 5.32. The third-order valence-electron chi connectivity index (χ3n) is 6.95. The summed E-state index contributed by atoms with van der Waals surface area (Å²) in [6.45, 7) is 11.6. The third-order valence-corrected chi connectivity index (χ3v) is 6.95. The molecule has 116 valence electrons. The number of hydrogen-bond acceptors (Lipinski definition) is 1. The number of hydrogen-bond donors (Lipinski definition) is 0. The van der Waals surface area contributed by atoms with Crippen LogP contribution in [0.5, 0.6) is 0 Å². The average Bonchev–Trinajstić information content (AvgIpc) is 3.01. The first-order chi connectivity index (χ1) is 9.81. The fourth-order valence-corrected chi connectivity index (χ4v) is 5.55. The second-order valence-electron chi connectivity index (χ2n) is 8.43. The molecule has 5 atom stereocenters. The van der Waals surface area contributed by atoms with Crippen LogP contribution in [0.3, 0.4) is 0 Å². The fourth-order valence-electron chi connectivity index (χ4n) is 5.55. The SMILES string of the molecule is CC(C)=CCCC1(C)C2C(=O)C=C3CCCC(C)C3(C)C21. The molecule has 1 nitrogen and oxygen atoms in total. The average molecular weight is 286 g/mol. The van der Waals surface area contributed by atoms with Gasteiger partial charge in [-0.1, -0.05) is 38.0 Å². The highest BCUT2D eigenvalue weighted by atomic mass is 16.1. The van der Waals surface area contributed by atoms with Gasteiger partial charge in [0.15, 0.2) is 5.78 Å². The standard InChI is InChI=1S/C20H30O/c1-13(2)8-7-11-19(4)17-16(21)12-15-10-6-9-14(3)20(15,5)18(17)19/h8,12,14,17-18H,6-7,9-11H2,1-5H3. The van der Waals surface area contributed by atoms with Gasteiger partial charge in [0.1, 0.15) is 0 Å². The monoisotopic (exact) mass is 286 g/mol. The lowest BCUT2D eigenvalue weighted by Gasteiger charge is -2.45. The van der Waals surface area contributed by atoms with Crippen molar-refractivity contribution in [3.05, 3.63) is 23.3 Å². The Balaban J connectivity index is 1.87. The zero-order valence-electron chi connectivity index (χ0n) is 14.3. The van der Waals surface area contributed by atoms with E-state index < -0.39 is 0 Å². The van der Waals surface area contributed by atoms with Gasteiger partial charge in [0.2, 0.25) is 0 Å². The number of fused-ring (bicyclic) bond motifs is 3. The van der Waals surface area contributed by atoms with Crippen molar-refractivity contribution < 1.29 is 4.79 Å². The maximum atomic E-state index is 12.6. The number of carbonyl (C=O) groups excluding carboxylic acids is 1. The molecule has 5 unspecified atom stereocenters. The van der Waals surface area contributed by atoms with E-state index in [2.05, 4.69) is 40.7 Å². The highest BCUT2D eigenvalue weighted by Gasteiger charge is 2.72. The fraction of sp³-hybridized carbons (Fsp3) is 0.750. The molecule has 0 radical (unpaired) electrons. The van der Waals surface area contributed by atoms with Gasteiger partial charge in [-0.15, -0.1) is 0 Å². The van der Waals surface area contributed by atoms with Gasteiger partial charge in [0, 0.05) is 5.92 Å². The van der Waals surface area contributed by atoms with E-state index in [9.17, 15) is 4.79 Å². The van der Waals surface area contributed by atoms with E-state index in [1.54, 1.807) is 0 Å². The third kappa shape index (κ3) is 2.07. The van der Waals surface area contributed by atoms with Crippen molar-refractivity contribution in [2.45, 2.75) is 66.7 Å². The molecular weight excluding hydrogens is 256 g/mol. The van der Waals surface area contributed by atoms with Crippen molar-refractivity contribution in [2.24, 2.45) is 28.6 Å². The zero-order valence-corrected chi connectivity index (χ0v) is 14.3. The minimum absolute atomic E-state index is 0.238. The first kappa shape index (κ1) is 15.1. The first-order valence-corrected chi connectivity index (χ1v) is 8.70. The molecule has 1 heteroatoms. The molecule has 3 aliphatic carbocycles. The summed E-state index contributed by atoms with van der Waals surface area (Å²) in [5.41, 5.74) is 3.39. The highest BCUT2D eigenvalue weighted by molar-refractivity contribution is 5.97. The second kappa shape index (κ2) is 4.83. The number of carbonyl (C=O) groups is 1. The van der Waals surface area contributed by atoms with Gasteiger partial charge in [-0.3, -0.25) is 4.79 Å². The molecule has 0 aromatic carbocycles. The maximum Gasteiger partial charge on any atom is 0.159 e. The molecule has 0 saturated heterocycles. The molecule has 0 bridgehead atoms. The topological polar surface area (TPSA) is 17.1 Å². The lowest BCUT2D eigenvalue weighted by atomic mass is 9.59. The van der Waals surface area contributed by atoms with Crippen molar-refractivity contribution in [3.63, 3.8) is 0 Å². The maximum absolute atomic E-state index is 12.6. The number of ketones is 1. The molecule has 0 heterocycles. The van der Waals surface area contributed by atoms with Crippen molar-refractivity contribution in [1.29, 1.82) is 0 Å². The molecule has 0 N–H and O–H groups in total. The summed E-state index contributed by atoms with van der Waals surface area (Å²) in [4.78, 5) is 12.6. The molecular formula is C20H30O. The Bertz CT molecular complexity index is 522. The van der Waals surface area contributed by atoms with Gasteiger partial charge >= 0.3 is 0 Å².